The van der Waals surface area contributed by atoms with Crippen LogP contribution in [-0.2, 0) is 4.79 Å². The lowest BCUT2D eigenvalue weighted by Crippen LogP contribution is -2.31. The average molecular weight is 233 g/mol. The number of carbonyl (C=O) groups is 1. The Morgan fingerprint density at radius 3 is 2.88 bits per heavy atom. The smallest absolute Gasteiger partial charge is 0.238 e. The van der Waals surface area contributed by atoms with Crippen molar-refractivity contribution in [3.63, 3.8) is 0 Å². The Hall–Kier alpha value is -1.55. The topological polar surface area (TPSA) is 58.4 Å². The summed E-state index contributed by atoms with van der Waals surface area (Å²) in [5.41, 5.74) is 8.20. The van der Waals surface area contributed by atoms with E-state index in [1.807, 2.05) is 26.1 Å². The fourth-order valence-electron chi connectivity index (χ4n) is 1.83. The van der Waals surface area contributed by atoms with Crippen LogP contribution in [0.25, 0.3) is 0 Å². The zero-order valence-corrected chi connectivity index (χ0v) is 10.4. The quantitative estimate of drug-likeness (QED) is 0.777. The summed E-state index contributed by atoms with van der Waals surface area (Å²) >= 11 is 0. The zero-order valence-electron chi connectivity index (χ0n) is 10.4. The number of nitrogens with zero attached hydrogens (tertiary/aromatic N) is 1. The standard InChI is InChI=1S/C13H19N3O/c1-9-3-4-10(14)7-12(9)15-13(17)8-16(2)11-5-6-11/h3-4,7,11H,5-6,8,14H2,1-2H3,(H,15,17). The van der Waals surface area contributed by atoms with Crippen molar-refractivity contribution in [2.24, 2.45) is 0 Å². The van der Waals surface area contributed by atoms with E-state index in [0.29, 0.717) is 18.3 Å². The van der Waals surface area contributed by atoms with Crippen LogP contribution in [0.2, 0.25) is 0 Å². The number of hydrogen-bond acceptors (Lipinski definition) is 3. The molecule has 1 aliphatic carbocycles. The summed E-state index contributed by atoms with van der Waals surface area (Å²) in [6.07, 6.45) is 2.42. The van der Waals surface area contributed by atoms with Gasteiger partial charge in [0.2, 0.25) is 5.91 Å². The Kier molecular flexibility index (Phi) is 3.33. The fourth-order valence-corrected chi connectivity index (χ4v) is 1.83. The van der Waals surface area contributed by atoms with Gasteiger partial charge >= 0.3 is 0 Å². The molecule has 0 unspecified atom stereocenters. The van der Waals surface area contributed by atoms with E-state index in [1.165, 1.54) is 12.8 Å². The van der Waals surface area contributed by atoms with Crippen LogP contribution >= 0.6 is 0 Å². The van der Waals surface area contributed by atoms with Crippen LogP contribution in [0.3, 0.4) is 0 Å². The van der Waals surface area contributed by atoms with Crippen molar-refractivity contribution in [2.45, 2.75) is 25.8 Å². The molecule has 1 aromatic rings. The van der Waals surface area contributed by atoms with Gasteiger partial charge < -0.3 is 11.1 Å². The Balaban J connectivity index is 1.94. The number of nitrogens with two attached hydrogens (primary N) is 1. The number of nitrogen functional groups attached to an aromatic ring is 1. The van der Waals surface area contributed by atoms with Gasteiger partial charge in [0.05, 0.1) is 6.54 Å². The third-order valence-corrected chi connectivity index (χ3v) is 3.10. The number of carbonyl (C=O) groups excluding carboxylic acids is 1. The van der Waals surface area contributed by atoms with Gasteiger partial charge in [-0.05, 0) is 44.5 Å². The maximum absolute atomic E-state index is 11.8. The summed E-state index contributed by atoms with van der Waals surface area (Å²) in [6, 6.07) is 6.14. The fraction of sp³-hybridized carbons (Fsp3) is 0.462. The molecule has 92 valence electrons. The highest BCUT2D eigenvalue weighted by Gasteiger charge is 2.27. The predicted octanol–water partition coefficient (Wildman–Crippen LogP) is 1.61. The van der Waals surface area contributed by atoms with E-state index in [9.17, 15) is 4.79 Å². The molecule has 3 N–H and O–H groups in total. The van der Waals surface area contributed by atoms with E-state index in [4.69, 9.17) is 5.73 Å². The second-order valence-electron chi connectivity index (χ2n) is 4.77. The Morgan fingerprint density at radius 2 is 2.24 bits per heavy atom. The molecule has 1 saturated carbocycles. The minimum Gasteiger partial charge on any atom is -0.399 e. The Bertz CT molecular complexity index is 427. The molecular weight excluding hydrogens is 214 g/mol. The number of aryl methyl sites for hydroxylation is 1. The largest absolute Gasteiger partial charge is 0.399 e. The number of anilines is 2. The molecule has 0 atom stereocenters. The minimum atomic E-state index is 0.0214. The van der Waals surface area contributed by atoms with Crippen LogP contribution in [-0.4, -0.2) is 30.4 Å². The molecule has 2 rings (SSSR count). The van der Waals surface area contributed by atoms with Gasteiger partial charge in [0, 0.05) is 17.4 Å². The second kappa shape index (κ2) is 4.75. The zero-order chi connectivity index (χ0) is 12.4. The molecule has 0 saturated heterocycles. The first kappa shape index (κ1) is 11.9. The lowest BCUT2D eigenvalue weighted by molar-refractivity contribution is -0.117. The molecular formula is C13H19N3O. The Labute approximate surface area is 102 Å². The van der Waals surface area contributed by atoms with Crippen LogP contribution in [0.4, 0.5) is 11.4 Å². The molecule has 0 spiro atoms. The lowest BCUT2D eigenvalue weighted by atomic mass is 10.2. The normalized spacial score (nSPS) is 15.0. The maximum atomic E-state index is 11.8. The van der Waals surface area contributed by atoms with Crippen LogP contribution in [0.15, 0.2) is 18.2 Å². The number of benzene rings is 1. The van der Waals surface area contributed by atoms with Gasteiger partial charge in [-0.15, -0.1) is 0 Å². The van der Waals surface area contributed by atoms with E-state index < -0.39 is 0 Å². The molecule has 0 aliphatic heterocycles. The second-order valence-corrected chi connectivity index (χ2v) is 4.77. The van der Waals surface area contributed by atoms with Crippen molar-refractivity contribution in [2.75, 3.05) is 24.6 Å². The third kappa shape index (κ3) is 3.20. The highest BCUT2D eigenvalue weighted by molar-refractivity contribution is 5.93. The molecule has 0 aromatic heterocycles. The van der Waals surface area contributed by atoms with Crippen LogP contribution in [0.5, 0.6) is 0 Å². The minimum absolute atomic E-state index is 0.0214. The molecule has 1 aromatic carbocycles. The van der Waals surface area contributed by atoms with E-state index in [2.05, 4.69) is 10.2 Å². The number of amides is 1. The summed E-state index contributed by atoms with van der Waals surface area (Å²) in [5, 5.41) is 2.90. The van der Waals surface area contributed by atoms with Gasteiger partial charge in [-0.1, -0.05) is 6.07 Å². The first-order chi connectivity index (χ1) is 8.06. The predicted molar refractivity (Wildman–Crippen MR) is 69.9 cm³/mol. The summed E-state index contributed by atoms with van der Waals surface area (Å²) in [7, 11) is 1.99. The monoisotopic (exact) mass is 233 g/mol. The molecule has 1 fully saturated rings. The van der Waals surface area contributed by atoms with Gasteiger partial charge in [-0.2, -0.15) is 0 Å². The van der Waals surface area contributed by atoms with E-state index in [-0.39, 0.29) is 5.91 Å². The maximum Gasteiger partial charge on any atom is 0.238 e. The first-order valence-corrected chi connectivity index (χ1v) is 5.92. The molecule has 17 heavy (non-hydrogen) atoms. The van der Waals surface area contributed by atoms with Gasteiger partial charge in [0.25, 0.3) is 0 Å². The first-order valence-electron chi connectivity index (χ1n) is 5.92. The van der Waals surface area contributed by atoms with E-state index in [0.717, 1.165) is 11.3 Å². The molecule has 1 aliphatic rings. The Morgan fingerprint density at radius 1 is 1.53 bits per heavy atom. The van der Waals surface area contributed by atoms with Crippen LogP contribution in [0, 0.1) is 6.92 Å². The number of nitrogens with one attached hydrogen (secondary N) is 1. The van der Waals surface area contributed by atoms with Crippen LogP contribution < -0.4 is 11.1 Å². The lowest BCUT2D eigenvalue weighted by Gasteiger charge is -2.16. The van der Waals surface area contributed by atoms with Crippen molar-refractivity contribution in [1.29, 1.82) is 0 Å². The molecule has 0 heterocycles. The van der Waals surface area contributed by atoms with Gasteiger partial charge in [-0.25, -0.2) is 0 Å². The van der Waals surface area contributed by atoms with Gasteiger partial charge in [0.1, 0.15) is 0 Å². The number of likely N-dealkylation sites (N-methyl/N-ethyl adjacent to an activating group) is 1. The SMILES string of the molecule is Cc1ccc(N)cc1NC(=O)CN(C)C1CC1. The molecule has 0 bridgehead atoms. The van der Waals surface area contributed by atoms with E-state index >= 15 is 0 Å². The van der Waals surface area contributed by atoms with Crippen molar-refractivity contribution in [3.05, 3.63) is 23.8 Å². The van der Waals surface area contributed by atoms with Crippen molar-refractivity contribution in [1.82, 2.24) is 4.90 Å². The van der Waals surface area contributed by atoms with Crippen molar-refractivity contribution >= 4 is 17.3 Å². The molecule has 0 radical (unpaired) electrons. The number of rotatable bonds is 4. The van der Waals surface area contributed by atoms with E-state index in [1.54, 1.807) is 6.07 Å². The summed E-state index contributed by atoms with van der Waals surface area (Å²) in [6.45, 7) is 2.40. The summed E-state index contributed by atoms with van der Waals surface area (Å²) in [5.74, 6) is 0.0214. The summed E-state index contributed by atoms with van der Waals surface area (Å²) in [4.78, 5) is 13.9. The van der Waals surface area contributed by atoms with Gasteiger partial charge in [0.15, 0.2) is 0 Å². The average Bonchev–Trinajstić information content (AvgIpc) is 3.06. The highest BCUT2D eigenvalue weighted by atomic mass is 16.2. The van der Waals surface area contributed by atoms with Crippen molar-refractivity contribution in [3.8, 4) is 0 Å². The van der Waals surface area contributed by atoms with Crippen molar-refractivity contribution < 1.29 is 4.79 Å². The molecule has 1 amide bonds. The highest BCUT2D eigenvalue weighted by Crippen LogP contribution is 2.25. The van der Waals surface area contributed by atoms with Gasteiger partial charge in [-0.3, -0.25) is 9.69 Å². The third-order valence-electron chi connectivity index (χ3n) is 3.10. The number of hydrogen-bond donors (Lipinski definition) is 2. The molecule has 4 heteroatoms. The van der Waals surface area contributed by atoms with Crippen LogP contribution in [0.1, 0.15) is 18.4 Å². The summed E-state index contributed by atoms with van der Waals surface area (Å²) < 4.78 is 0. The molecule has 4 nitrogen and oxygen atoms in total.